The normalized spacial score (nSPS) is 14.5. The maximum Gasteiger partial charge on any atom is 0.435 e. The molecule has 1 N–H and O–H groups in total. The number of carbonyl (C=O) groups is 2. The number of halogens is 3. The second-order valence-corrected chi connectivity index (χ2v) is 9.35. The summed E-state index contributed by atoms with van der Waals surface area (Å²) in [5.74, 6) is 0.155. The zero-order chi connectivity index (χ0) is 26.9. The van der Waals surface area contributed by atoms with Crippen molar-refractivity contribution in [2.24, 2.45) is 7.05 Å². The summed E-state index contributed by atoms with van der Waals surface area (Å²) in [4.78, 5) is 27.4. The Labute approximate surface area is 213 Å². The Balaban J connectivity index is 1.37. The van der Waals surface area contributed by atoms with E-state index in [1.165, 1.54) is 7.05 Å². The maximum atomic E-state index is 13.2. The van der Waals surface area contributed by atoms with Crippen molar-refractivity contribution in [3.8, 4) is 5.75 Å². The highest BCUT2D eigenvalue weighted by atomic mass is 19.4. The molecule has 0 saturated carbocycles. The quantitative estimate of drug-likeness (QED) is 0.499. The Morgan fingerprint density at radius 2 is 1.65 bits per heavy atom. The van der Waals surface area contributed by atoms with Crippen molar-refractivity contribution in [3.05, 3.63) is 76.1 Å². The molecule has 2 aromatic carbocycles. The van der Waals surface area contributed by atoms with Crippen LogP contribution in [0.3, 0.4) is 0 Å². The van der Waals surface area contributed by atoms with E-state index in [0.717, 1.165) is 46.2 Å². The van der Waals surface area contributed by atoms with Crippen LogP contribution >= 0.6 is 0 Å². The average molecular weight is 515 g/mol. The first-order valence-electron chi connectivity index (χ1n) is 11.9. The Kier molecular flexibility index (Phi) is 7.29. The molecule has 3 aromatic rings. The number of alkyl halides is 3. The zero-order valence-electron chi connectivity index (χ0n) is 21.1. The van der Waals surface area contributed by atoms with Gasteiger partial charge in [-0.1, -0.05) is 12.1 Å². The van der Waals surface area contributed by atoms with Gasteiger partial charge >= 0.3 is 6.18 Å². The van der Waals surface area contributed by atoms with Crippen LogP contribution in [0.15, 0.2) is 42.6 Å². The largest absolute Gasteiger partial charge is 0.496 e. The lowest BCUT2D eigenvalue weighted by atomic mass is 9.89. The van der Waals surface area contributed by atoms with E-state index in [0.29, 0.717) is 24.3 Å². The summed E-state index contributed by atoms with van der Waals surface area (Å²) in [6.45, 7) is 5.08. The Hall–Kier alpha value is -3.82. The number of benzene rings is 2. The number of amides is 2. The van der Waals surface area contributed by atoms with E-state index in [1.807, 2.05) is 43.0 Å². The summed E-state index contributed by atoms with van der Waals surface area (Å²) >= 11 is 0. The number of likely N-dealkylation sites (tertiary alicyclic amines) is 1. The smallest absolute Gasteiger partial charge is 0.435 e. The minimum absolute atomic E-state index is 0.000934. The van der Waals surface area contributed by atoms with E-state index in [9.17, 15) is 22.8 Å². The van der Waals surface area contributed by atoms with Crippen molar-refractivity contribution in [2.45, 2.75) is 38.8 Å². The summed E-state index contributed by atoms with van der Waals surface area (Å²) in [6, 6.07) is 10.8. The van der Waals surface area contributed by atoms with Crippen molar-refractivity contribution in [1.82, 2.24) is 14.7 Å². The van der Waals surface area contributed by atoms with Crippen LogP contribution in [0.1, 0.15) is 61.9 Å². The van der Waals surface area contributed by atoms with Gasteiger partial charge in [0.2, 0.25) is 0 Å². The summed E-state index contributed by atoms with van der Waals surface area (Å²) in [5, 5.41) is 5.89. The second kappa shape index (κ2) is 10.3. The van der Waals surface area contributed by atoms with Gasteiger partial charge in [-0.15, -0.1) is 0 Å². The van der Waals surface area contributed by atoms with E-state index in [2.05, 4.69) is 10.4 Å². The standard InChI is InChI=1S/C27H29F3N4O3/c1-16-13-20(14-17(2)23(16)37-4)26(36)34-11-9-19(10-12-34)18-5-7-21(8-6-18)31-25(35)22-15-33(3)32-24(22)27(28,29)30/h5-8,13-15,19H,9-12H2,1-4H3,(H,31,35). The van der Waals surface area contributed by atoms with E-state index >= 15 is 0 Å². The summed E-state index contributed by atoms with van der Waals surface area (Å²) in [6.07, 6.45) is -2.10. The number of nitrogens with one attached hydrogen (secondary N) is 1. The number of aryl methyl sites for hydroxylation is 3. The van der Waals surface area contributed by atoms with Gasteiger partial charge in [0, 0.05) is 37.6 Å². The fourth-order valence-electron chi connectivity index (χ4n) is 4.90. The van der Waals surface area contributed by atoms with Crippen molar-refractivity contribution >= 4 is 17.5 Å². The molecule has 10 heteroatoms. The molecular formula is C27H29F3N4O3. The van der Waals surface area contributed by atoms with Gasteiger partial charge in [-0.3, -0.25) is 14.3 Å². The average Bonchev–Trinajstić information content (AvgIpc) is 3.26. The molecule has 1 fully saturated rings. The molecule has 0 bridgehead atoms. The number of methoxy groups -OCH3 is 1. The minimum Gasteiger partial charge on any atom is -0.496 e. The second-order valence-electron chi connectivity index (χ2n) is 9.35. The van der Waals surface area contributed by atoms with E-state index in [1.54, 1.807) is 19.2 Å². The van der Waals surface area contributed by atoms with E-state index < -0.39 is 23.3 Å². The van der Waals surface area contributed by atoms with Gasteiger partial charge in [-0.2, -0.15) is 18.3 Å². The first-order chi connectivity index (χ1) is 17.5. The van der Waals surface area contributed by atoms with Crippen LogP contribution in [0.4, 0.5) is 18.9 Å². The van der Waals surface area contributed by atoms with Crippen LogP contribution in [0.25, 0.3) is 0 Å². The third-order valence-corrected chi connectivity index (χ3v) is 6.68. The van der Waals surface area contributed by atoms with Gasteiger partial charge in [-0.25, -0.2) is 0 Å². The fourth-order valence-corrected chi connectivity index (χ4v) is 4.90. The van der Waals surface area contributed by atoms with Crippen LogP contribution in [0.5, 0.6) is 5.75 Å². The van der Waals surface area contributed by atoms with Gasteiger partial charge < -0.3 is 15.0 Å². The van der Waals surface area contributed by atoms with Gasteiger partial charge in [0.05, 0.1) is 12.7 Å². The topological polar surface area (TPSA) is 76.5 Å². The minimum atomic E-state index is -4.72. The molecule has 1 aromatic heterocycles. The Bertz CT molecular complexity index is 1280. The molecule has 0 aliphatic carbocycles. The number of carbonyl (C=O) groups excluding carboxylic acids is 2. The van der Waals surface area contributed by atoms with Gasteiger partial charge in [0.1, 0.15) is 5.75 Å². The molecule has 2 amide bonds. The van der Waals surface area contributed by atoms with Gasteiger partial charge in [0.15, 0.2) is 5.69 Å². The molecule has 0 unspecified atom stereocenters. The molecule has 1 aliphatic rings. The lowest BCUT2D eigenvalue weighted by molar-refractivity contribution is -0.141. The predicted octanol–water partition coefficient (Wildman–Crippen LogP) is 5.34. The number of aromatic nitrogens is 2. The van der Waals surface area contributed by atoms with Crippen LogP contribution in [0, 0.1) is 13.8 Å². The predicted molar refractivity (Wildman–Crippen MR) is 133 cm³/mol. The molecule has 196 valence electrons. The number of rotatable bonds is 5. The lowest BCUT2D eigenvalue weighted by Gasteiger charge is -2.32. The number of ether oxygens (including phenoxy) is 1. The molecule has 1 aliphatic heterocycles. The molecule has 0 radical (unpaired) electrons. The summed E-state index contributed by atoms with van der Waals surface area (Å²) < 4.78 is 45.9. The third kappa shape index (κ3) is 5.63. The van der Waals surface area contributed by atoms with Gasteiger partial charge in [-0.05, 0) is 73.6 Å². The molecule has 7 nitrogen and oxygen atoms in total. The van der Waals surface area contributed by atoms with E-state index in [-0.39, 0.29) is 11.8 Å². The summed E-state index contributed by atoms with van der Waals surface area (Å²) in [5.41, 5.74) is 2.19. The highest BCUT2D eigenvalue weighted by molar-refractivity contribution is 6.05. The molecule has 4 rings (SSSR count). The highest BCUT2D eigenvalue weighted by Gasteiger charge is 2.39. The van der Waals surface area contributed by atoms with E-state index in [4.69, 9.17) is 4.74 Å². The molecule has 0 spiro atoms. The first kappa shape index (κ1) is 26.2. The van der Waals surface area contributed by atoms with Crippen molar-refractivity contribution in [1.29, 1.82) is 0 Å². The molecule has 37 heavy (non-hydrogen) atoms. The van der Waals surface area contributed by atoms with Crippen LogP contribution in [0.2, 0.25) is 0 Å². The molecule has 2 heterocycles. The van der Waals surface area contributed by atoms with Crippen molar-refractivity contribution in [3.63, 3.8) is 0 Å². The SMILES string of the molecule is COc1c(C)cc(C(=O)N2CCC(c3ccc(NC(=O)c4cn(C)nc4C(F)(F)F)cc3)CC2)cc1C. The van der Waals surface area contributed by atoms with Crippen molar-refractivity contribution in [2.75, 3.05) is 25.5 Å². The zero-order valence-corrected chi connectivity index (χ0v) is 21.1. The Morgan fingerprint density at radius 1 is 1.05 bits per heavy atom. The highest BCUT2D eigenvalue weighted by Crippen LogP contribution is 2.32. The van der Waals surface area contributed by atoms with Gasteiger partial charge in [0.25, 0.3) is 11.8 Å². The number of anilines is 1. The van der Waals surface area contributed by atoms with Crippen molar-refractivity contribution < 1.29 is 27.5 Å². The fraction of sp³-hybridized carbons (Fsp3) is 0.370. The maximum absolute atomic E-state index is 13.2. The van der Waals surface area contributed by atoms with Crippen LogP contribution in [-0.4, -0.2) is 46.7 Å². The summed E-state index contributed by atoms with van der Waals surface area (Å²) in [7, 11) is 2.95. The number of piperidine rings is 1. The van der Waals surface area contributed by atoms with Crippen LogP contribution in [-0.2, 0) is 13.2 Å². The first-order valence-corrected chi connectivity index (χ1v) is 11.9. The number of nitrogens with zero attached hydrogens (tertiary/aromatic N) is 3. The molecular weight excluding hydrogens is 485 g/mol. The number of hydrogen-bond donors (Lipinski definition) is 1. The monoisotopic (exact) mass is 514 g/mol. The number of hydrogen-bond acceptors (Lipinski definition) is 4. The molecule has 0 atom stereocenters. The van der Waals surface area contributed by atoms with Crippen LogP contribution < -0.4 is 10.1 Å². The Morgan fingerprint density at radius 3 is 2.19 bits per heavy atom. The third-order valence-electron chi connectivity index (χ3n) is 6.68. The lowest BCUT2D eigenvalue weighted by Crippen LogP contribution is -2.38. The molecule has 1 saturated heterocycles.